The lowest BCUT2D eigenvalue weighted by Gasteiger charge is -2.09. The lowest BCUT2D eigenvalue weighted by Crippen LogP contribution is -2.28. The molecule has 0 aromatic carbocycles. The van der Waals surface area contributed by atoms with E-state index >= 15 is 0 Å². The van der Waals surface area contributed by atoms with Crippen LogP contribution in [-0.4, -0.2) is 35.1 Å². The molecular weight excluding hydrogens is 120 g/mol. The summed E-state index contributed by atoms with van der Waals surface area (Å²) in [6, 6.07) is 0. The smallest absolute Gasteiger partial charge is 0.112 e. The van der Waals surface area contributed by atoms with Gasteiger partial charge in [0.05, 0.1) is 6.61 Å². The maximum absolute atomic E-state index is 9.01. The fraction of sp³-hybridized carbons (Fsp3) is 0.667. The van der Waals surface area contributed by atoms with E-state index in [0.29, 0.717) is 6.61 Å². The van der Waals surface area contributed by atoms with Crippen LogP contribution in [0, 0.1) is 0 Å². The molecule has 3 nitrogen and oxygen atoms in total. The predicted molar refractivity (Wildman–Crippen MR) is 32.0 cm³/mol. The Morgan fingerprint density at radius 1 is 1.67 bits per heavy atom. The number of hydrogen-bond acceptors (Lipinski definition) is 3. The van der Waals surface area contributed by atoms with Crippen LogP contribution >= 0.6 is 0 Å². The first-order valence-corrected chi connectivity index (χ1v) is 2.86. The molecule has 52 valence electrons. The normalized spacial score (nSPS) is 31.1. The van der Waals surface area contributed by atoms with E-state index in [-0.39, 0.29) is 6.10 Å². The van der Waals surface area contributed by atoms with Crippen LogP contribution in [0.15, 0.2) is 12.7 Å². The van der Waals surface area contributed by atoms with Gasteiger partial charge in [0.2, 0.25) is 0 Å². The molecule has 0 bridgehead atoms. The molecule has 1 aliphatic rings. The molecule has 1 rings (SSSR count). The van der Waals surface area contributed by atoms with Crippen molar-refractivity contribution in [2.45, 2.75) is 18.3 Å². The Bertz CT molecular complexity index is 109. The quantitative estimate of drug-likeness (QED) is 0.392. The molecule has 3 heteroatoms. The molecule has 1 fully saturated rings. The number of aliphatic hydroxyl groups is 2. The highest BCUT2D eigenvalue weighted by Gasteiger charge is 2.34. The number of hydrogen-bond donors (Lipinski definition) is 2. The van der Waals surface area contributed by atoms with Gasteiger partial charge in [-0.3, -0.25) is 0 Å². The van der Waals surface area contributed by atoms with Gasteiger partial charge < -0.3 is 14.9 Å². The minimum absolute atomic E-state index is 0.169. The van der Waals surface area contributed by atoms with E-state index in [1.165, 1.54) is 6.08 Å². The van der Waals surface area contributed by atoms with Gasteiger partial charge in [-0.05, 0) is 0 Å². The first-order valence-electron chi connectivity index (χ1n) is 2.86. The van der Waals surface area contributed by atoms with E-state index in [2.05, 4.69) is 6.58 Å². The lowest BCUT2D eigenvalue weighted by molar-refractivity contribution is 0.0296. The third-order valence-corrected chi connectivity index (χ3v) is 1.33. The minimum atomic E-state index is -0.850. The zero-order chi connectivity index (χ0) is 6.85. The highest BCUT2D eigenvalue weighted by Crippen LogP contribution is 2.16. The van der Waals surface area contributed by atoms with Crippen molar-refractivity contribution in [1.29, 1.82) is 0 Å². The summed E-state index contributed by atoms with van der Waals surface area (Å²) >= 11 is 0. The third-order valence-electron chi connectivity index (χ3n) is 1.33. The molecule has 0 radical (unpaired) electrons. The number of epoxide rings is 1. The molecule has 3 atom stereocenters. The molecule has 0 amide bonds. The summed E-state index contributed by atoms with van der Waals surface area (Å²) in [6.07, 6.45) is -0.509. The molecule has 1 saturated heterocycles. The number of ether oxygens (including phenoxy) is 1. The number of aliphatic hydroxyl groups excluding tert-OH is 2. The molecule has 0 aromatic rings. The second kappa shape index (κ2) is 2.47. The third kappa shape index (κ3) is 1.51. The Balaban J connectivity index is 2.30. The van der Waals surface area contributed by atoms with Gasteiger partial charge in [0.25, 0.3) is 0 Å². The Hall–Kier alpha value is -0.380. The lowest BCUT2D eigenvalue weighted by atomic mass is 10.1. The molecule has 2 N–H and O–H groups in total. The van der Waals surface area contributed by atoms with E-state index in [4.69, 9.17) is 14.9 Å². The summed E-state index contributed by atoms with van der Waals surface area (Å²) in [5.41, 5.74) is 0. The Morgan fingerprint density at radius 2 is 2.22 bits per heavy atom. The predicted octanol–water partition coefficient (Wildman–Crippen LogP) is -0.707. The second-order valence-electron chi connectivity index (χ2n) is 2.09. The van der Waals surface area contributed by atoms with E-state index in [9.17, 15) is 0 Å². The van der Waals surface area contributed by atoms with Crippen LogP contribution in [-0.2, 0) is 4.74 Å². The van der Waals surface area contributed by atoms with Gasteiger partial charge >= 0.3 is 0 Å². The van der Waals surface area contributed by atoms with Gasteiger partial charge in [-0.15, -0.1) is 6.58 Å². The zero-order valence-corrected chi connectivity index (χ0v) is 5.03. The van der Waals surface area contributed by atoms with Crippen molar-refractivity contribution in [1.82, 2.24) is 0 Å². The van der Waals surface area contributed by atoms with Crippen molar-refractivity contribution >= 4 is 0 Å². The van der Waals surface area contributed by atoms with Crippen molar-refractivity contribution in [2.75, 3.05) is 6.61 Å². The van der Waals surface area contributed by atoms with Gasteiger partial charge in [-0.1, -0.05) is 6.08 Å². The minimum Gasteiger partial charge on any atom is -0.387 e. The van der Waals surface area contributed by atoms with Crippen molar-refractivity contribution in [2.24, 2.45) is 0 Å². The van der Waals surface area contributed by atoms with E-state index in [1.807, 2.05) is 0 Å². The van der Waals surface area contributed by atoms with Crippen molar-refractivity contribution < 1.29 is 14.9 Å². The first kappa shape index (κ1) is 6.74. The maximum atomic E-state index is 9.01. The summed E-state index contributed by atoms with van der Waals surface area (Å²) in [5, 5.41) is 17.9. The van der Waals surface area contributed by atoms with Gasteiger partial charge in [-0.25, -0.2) is 0 Å². The molecule has 1 heterocycles. The topological polar surface area (TPSA) is 53.0 Å². The second-order valence-corrected chi connectivity index (χ2v) is 2.09. The molecule has 0 spiro atoms. The van der Waals surface area contributed by atoms with Crippen LogP contribution in [0.4, 0.5) is 0 Å². The molecule has 3 unspecified atom stereocenters. The fourth-order valence-electron chi connectivity index (χ4n) is 0.612. The Morgan fingerprint density at radius 3 is 2.56 bits per heavy atom. The number of rotatable bonds is 3. The molecule has 0 aliphatic carbocycles. The monoisotopic (exact) mass is 130 g/mol. The van der Waals surface area contributed by atoms with Crippen molar-refractivity contribution in [3.8, 4) is 0 Å². The average molecular weight is 130 g/mol. The summed E-state index contributed by atoms with van der Waals surface area (Å²) in [7, 11) is 0. The summed E-state index contributed by atoms with van der Waals surface area (Å²) in [5.74, 6) is 0. The van der Waals surface area contributed by atoms with Crippen LogP contribution in [0.2, 0.25) is 0 Å². The Kier molecular flexibility index (Phi) is 1.85. The average Bonchev–Trinajstić information content (AvgIpc) is 2.66. The van der Waals surface area contributed by atoms with Crippen LogP contribution < -0.4 is 0 Å². The standard InChI is InChI=1S/C6H10O3/c1-2-4(7)6(8)5-3-9-5/h2,4-8H,1,3H2. The van der Waals surface area contributed by atoms with Crippen molar-refractivity contribution in [3.63, 3.8) is 0 Å². The van der Waals surface area contributed by atoms with Crippen LogP contribution in [0.25, 0.3) is 0 Å². The molecule has 0 aromatic heterocycles. The maximum Gasteiger partial charge on any atom is 0.112 e. The first-order chi connectivity index (χ1) is 4.25. The molecule has 0 saturated carbocycles. The van der Waals surface area contributed by atoms with Crippen LogP contribution in [0.3, 0.4) is 0 Å². The SMILES string of the molecule is C=CC(O)C(O)C1CO1. The molecular formula is C6H10O3. The molecule has 1 aliphatic heterocycles. The van der Waals surface area contributed by atoms with E-state index in [0.717, 1.165) is 0 Å². The van der Waals surface area contributed by atoms with Crippen LogP contribution in [0.5, 0.6) is 0 Å². The van der Waals surface area contributed by atoms with Gasteiger partial charge in [0.15, 0.2) is 0 Å². The summed E-state index contributed by atoms with van der Waals surface area (Å²) in [6.45, 7) is 3.87. The Labute approximate surface area is 53.6 Å². The van der Waals surface area contributed by atoms with Gasteiger partial charge in [0.1, 0.15) is 18.3 Å². The summed E-state index contributed by atoms with van der Waals surface area (Å²) < 4.78 is 4.74. The molecule has 9 heavy (non-hydrogen) atoms. The highest BCUT2D eigenvalue weighted by atomic mass is 16.6. The van der Waals surface area contributed by atoms with Crippen LogP contribution in [0.1, 0.15) is 0 Å². The zero-order valence-electron chi connectivity index (χ0n) is 5.03. The van der Waals surface area contributed by atoms with E-state index in [1.54, 1.807) is 0 Å². The highest BCUT2D eigenvalue weighted by molar-refractivity contribution is 4.92. The summed E-state index contributed by atoms with van der Waals surface area (Å²) in [4.78, 5) is 0. The van der Waals surface area contributed by atoms with Gasteiger partial charge in [0, 0.05) is 0 Å². The fourth-order valence-corrected chi connectivity index (χ4v) is 0.612. The largest absolute Gasteiger partial charge is 0.387 e. The van der Waals surface area contributed by atoms with Gasteiger partial charge in [-0.2, -0.15) is 0 Å². The van der Waals surface area contributed by atoms with Crippen molar-refractivity contribution in [3.05, 3.63) is 12.7 Å². The van der Waals surface area contributed by atoms with E-state index < -0.39 is 12.2 Å².